The van der Waals surface area contributed by atoms with Gasteiger partial charge in [-0.2, -0.15) is 0 Å². The zero-order valence-electron chi connectivity index (χ0n) is 17.0. The van der Waals surface area contributed by atoms with E-state index in [1.807, 2.05) is 0 Å². The van der Waals surface area contributed by atoms with Gasteiger partial charge in [0.15, 0.2) is 15.6 Å². The van der Waals surface area contributed by atoms with Crippen molar-refractivity contribution >= 4 is 68.2 Å². The molecule has 0 spiro atoms. The first kappa shape index (κ1) is 24.1. The van der Waals surface area contributed by atoms with Gasteiger partial charge < -0.3 is 10.4 Å². The highest BCUT2D eigenvalue weighted by atomic mass is 35.5. The number of nitrogens with zero attached hydrogens (tertiary/aromatic N) is 1. The number of nitrogens with one attached hydrogen (secondary N) is 1. The first-order chi connectivity index (χ1) is 16.0. The summed E-state index contributed by atoms with van der Waals surface area (Å²) in [5, 5.41) is 23.8. The number of phenolic OH excluding ortho intramolecular Hbond substituents is 1. The molecule has 3 aromatic carbocycles. The second-order valence-electron chi connectivity index (χ2n) is 7.19. The lowest BCUT2D eigenvalue weighted by Gasteiger charge is -2.19. The fraction of sp³-hybridized carbons (Fsp3) is 0.0455. The number of aromatic hydroxyl groups is 1. The number of rotatable bonds is 5. The van der Waals surface area contributed by atoms with Crippen molar-refractivity contribution in [1.29, 1.82) is 0 Å². The molecule has 34 heavy (non-hydrogen) atoms. The number of fused-ring (bicyclic) bond motifs is 1. The van der Waals surface area contributed by atoms with Gasteiger partial charge in [0, 0.05) is 26.6 Å². The Bertz CT molecular complexity index is 1470. The van der Waals surface area contributed by atoms with E-state index in [9.17, 15) is 28.4 Å². The molecule has 8 nitrogen and oxygen atoms in total. The molecule has 0 aliphatic carbocycles. The van der Waals surface area contributed by atoms with Crippen LogP contribution in [-0.2, 0) is 20.4 Å². The lowest BCUT2D eigenvalue weighted by atomic mass is 10.1. The summed E-state index contributed by atoms with van der Waals surface area (Å²) in [4.78, 5) is 23.5. The maximum absolute atomic E-state index is 13.0. The number of amides is 1. The lowest BCUT2D eigenvalue weighted by molar-refractivity contribution is -0.385. The number of thioether (sulfide) groups is 1. The number of benzene rings is 3. The highest BCUT2D eigenvalue weighted by Gasteiger charge is 2.25. The monoisotopic (exact) mass is 536 g/mol. The summed E-state index contributed by atoms with van der Waals surface area (Å²) in [7, 11) is -3.82. The van der Waals surface area contributed by atoms with Crippen LogP contribution in [0.3, 0.4) is 0 Å². The number of carbonyl (C=O) groups excluding carboxylic acids is 1. The van der Waals surface area contributed by atoms with Gasteiger partial charge in [-0.3, -0.25) is 14.9 Å². The zero-order valence-corrected chi connectivity index (χ0v) is 20.1. The number of halogens is 2. The number of phenols is 1. The Kier molecular flexibility index (Phi) is 6.59. The van der Waals surface area contributed by atoms with Gasteiger partial charge in [0.05, 0.1) is 26.2 Å². The molecule has 174 valence electrons. The molecule has 0 radical (unpaired) electrons. The van der Waals surface area contributed by atoms with Gasteiger partial charge in [-0.15, -0.1) is 0 Å². The standard InChI is InChI=1S/C22H14Cl2N2O6S2/c23-15-2-1-3-16(24)14(15)11-34(31,32)13-5-6-17-20(10-13)33-21(22(28)25-17)9-12-4-7-19(27)18(8-12)26(29)30/h1-10,27H,11H2,(H,25,28)/b21-9+. The molecule has 1 amide bonds. The summed E-state index contributed by atoms with van der Waals surface area (Å²) in [6.45, 7) is 0. The third kappa shape index (κ3) is 4.90. The van der Waals surface area contributed by atoms with Crippen molar-refractivity contribution in [3.05, 3.63) is 90.8 Å². The van der Waals surface area contributed by atoms with Crippen molar-refractivity contribution in [3.8, 4) is 5.75 Å². The van der Waals surface area contributed by atoms with Crippen LogP contribution in [0.25, 0.3) is 6.08 Å². The van der Waals surface area contributed by atoms with Gasteiger partial charge in [0.1, 0.15) is 0 Å². The van der Waals surface area contributed by atoms with Gasteiger partial charge in [-0.25, -0.2) is 8.42 Å². The molecule has 1 aliphatic rings. The first-order valence-corrected chi connectivity index (χ1v) is 12.8. The molecule has 0 unspecified atom stereocenters. The number of sulfone groups is 1. The Hall–Kier alpha value is -3.05. The van der Waals surface area contributed by atoms with Crippen LogP contribution in [-0.4, -0.2) is 24.4 Å². The largest absolute Gasteiger partial charge is 0.502 e. The Balaban J connectivity index is 1.67. The molecule has 0 aromatic heterocycles. The molecule has 4 rings (SSSR count). The average molecular weight is 537 g/mol. The van der Waals surface area contributed by atoms with E-state index >= 15 is 0 Å². The smallest absolute Gasteiger partial charge is 0.311 e. The van der Waals surface area contributed by atoms with Crippen LogP contribution in [0.2, 0.25) is 10.0 Å². The van der Waals surface area contributed by atoms with Crippen LogP contribution in [0, 0.1) is 10.1 Å². The highest BCUT2D eigenvalue weighted by Crippen LogP contribution is 2.41. The average Bonchev–Trinajstić information content (AvgIpc) is 2.77. The fourth-order valence-corrected chi connectivity index (χ4v) is 6.38. The predicted octanol–water partition coefficient (Wildman–Crippen LogP) is 5.67. The molecule has 0 atom stereocenters. The summed E-state index contributed by atoms with van der Waals surface area (Å²) in [6, 6.07) is 12.8. The summed E-state index contributed by atoms with van der Waals surface area (Å²) < 4.78 is 26.1. The van der Waals surface area contributed by atoms with E-state index in [1.54, 1.807) is 18.2 Å². The zero-order chi connectivity index (χ0) is 24.6. The van der Waals surface area contributed by atoms with E-state index in [-0.39, 0.29) is 19.8 Å². The van der Waals surface area contributed by atoms with Crippen molar-refractivity contribution < 1.29 is 23.2 Å². The van der Waals surface area contributed by atoms with Gasteiger partial charge >= 0.3 is 5.69 Å². The number of nitro groups is 1. The van der Waals surface area contributed by atoms with Crippen molar-refractivity contribution in [3.63, 3.8) is 0 Å². The quantitative estimate of drug-likeness (QED) is 0.244. The Labute approximate surface area is 208 Å². The number of nitro benzene ring substituents is 1. The molecule has 0 saturated heterocycles. The summed E-state index contributed by atoms with van der Waals surface area (Å²) in [5.74, 6) is -1.35. The Morgan fingerprint density at radius 3 is 2.47 bits per heavy atom. The van der Waals surface area contributed by atoms with E-state index in [0.29, 0.717) is 21.7 Å². The fourth-order valence-electron chi connectivity index (χ4n) is 3.20. The maximum atomic E-state index is 13.0. The van der Waals surface area contributed by atoms with Gasteiger partial charge in [0.2, 0.25) is 0 Å². The van der Waals surface area contributed by atoms with Crippen molar-refractivity contribution in [2.24, 2.45) is 0 Å². The van der Waals surface area contributed by atoms with Crippen LogP contribution in [0.15, 0.2) is 69.3 Å². The van der Waals surface area contributed by atoms with Crippen LogP contribution in [0.1, 0.15) is 11.1 Å². The molecular formula is C22H14Cl2N2O6S2. The molecule has 3 aromatic rings. The molecule has 12 heteroatoms. The SMILES string of the molecule is O=C1Nc2ccc(S(=O)(=O)Cc3c(Cl)cccc3Cl)cc2S/C1=C/c1ccc(O)c([N+](=O)[O-])c1. The molecule has 0 fully saturated rings. The maximum Gasteiger partial charge on any atom is 0.311 e. The summed E-state index contributed by atoms with van der Waals surface area (Å²) in [6.07, 6.45) is 1.42. The van der Waals surface area contributed by atoms with Gasteiger partial charge in [-0.1, -0.05) is 47.1 Å². The third-order valence-corrected chi connectivity index (χ3v) is 8.32. The number of carbonyl (C=O) groups is 1. The number of anilines is 1. The third-order valence-electron chi connectivity index (χ3n) is 4.89. The van der Waals surface area contributed by atoms with E-state index in [2.05, 4.69) is 5.32 Å². The van der Waals surface area contributed by atoms with Crippen LogP contribution < -0.4 is 5.32 Å². The van der Waals surface area contributed by atoms with Gasteiger partial charge in [0.25, 0.3) is 5.91 Å². The number of hydrogen-bond acceptors (Lipinski definition) is 7. The minimum atomic E-state index is -3.82. The molecule has 2 N–H and O–H groups in total. The van der Waals surface area contributed by atoms with Crippen molar-refractivity contribution in [2.75, 3.05) is 5.32 Å². The molecule has 0 bridgehead atoms. The Morgan fingerprint density at radius 2 is 1.79 bits per heavy atom. The highest BCUT2D eigenvalue weighted by molar-refractivity contribution is 8.04. The van der Waals surface area contributed by atoms with Crippen molar-refractivity contribution in [1.82, 2.24) is 0 Å². The second kappa shape index (κ2) is 9.30. The van der Waals surface area contributed by atoms with E-state index in [0.717, 1.165) is 23.9 Å². The van der Waals surface area contributed by atoms with Crippen molar-refractivity contribution in [2.45, 2.75) is 15.5 Å². The summed E-state index contributed by atoms with van der Waals surface area (Å²) in [5.41, 5.74) is 0.544. The molecular weight excluding hydrogens is 523 g/mol. The molecule has 0 saturated carbocycles. The number of hydrogen-bond donors (Lipinski definition) is 2. The lowest BCUT2D eigenvalue weighted by Crippen LogP contribution is -2.17. The minimum absolute atomic E-state index is 0.0190. The first-order valence-electron chi connectivity index (χ1n) is 9.53. The minimum Gasteiger partial charge on any atom is -0.502 e. The molecule has 1 aliphatic heterocycles. The van der Waals surface area contributed by atoms with Gasteiger partial charge in [-0.05, 0) is 48.0 Å². The van der Waals surface area contributed by atoms with E-state index in [1.165, 1.54) is 30.3 Å². The summed E-state index contributed by atoms with van der Waals surface area (Å²) >= 11 is 13.3. The normalized spacial score (nSPS) is 14.5. The van der Waals surface area contributed by atoms with E-state index < -0.39 is 37.9 Å². The molecule has 1 heterocycles. The topological polar surface area (TPSA) is 127 Å². The second-order valence-corrected chi connectivity index (χ2v) is 11.1. The van der Waals surface area contributed by atoms with Crippen LogP contribution in [0.5, 0.6) is 5.75 Å². The van der Waals surface area contributed by atoms with Crippen LogP contribution >= 0.6 is 35.0 Å². The van der Waals surface area contributed by atoms with Crippen LogP contribution in [0.4, 0.5) is 11.4 Å². The predicted molar refractivity (Wildman–Crippen MR) is 131 cm³/mol. The Morgan fingerprint density at radius 1 is 1.09 bits per heavy atom. The van der Waals surface area contributed by atoms with E-state index in [4.69, 9.17) is 23.2 Å².